The number of hydrogen-bond donors (Lipinski definition) is 1. The number of carbonyl (C=O) groups excluding carboxylic acids is 2. The maximum Gasteiger partial charge on any atom is 0.243 e. The van der Waals surface area contributed by atoms with Gasteiger partial charge in [-0.15, -0.1) is 11.3 Å². The van der Waals surface area contributed by atoms with E-state index in [1.54, 1.807) is 16.2 Å². The lowest BCUT2D eigenvalue weighted by molar-refractivity contribution is -0.138. The summed E-state index contributed by atoms with van der Waals surface area (Å²) in [5.41, 5.74) is 0.877. The highest BCUT2D eigenvalue weighted by atomic mass is 32.1. The summed E-state index contributed by atoms with van der Waals surface area (Å²) in [5, 5.41) is 5.81. The number of aromatic nitrogens is 1. The SMILES string of the molecule is CCC(=O)N1CCC[C@@H]1C(=O)NCc1csc(C)n1. The molecule has 0 radical (unpaired) electrons. The Hall–Kier alpha value is -1.43. The minimum absolute atomic E-state index is 0.0575. The van der Waals surface area contributed by atoms with Gasteiger partial charge in [-0.05, 0) is 19.8 Å². The largest absolute Gasteiger partial charge is 0.349 e. The first-order valence-electron chi connectivity index (χ1n) is 6.60. The maximum atomic E-state index is 12.1. The second-order valence-electron chi connectivity index (χ2n) is 4.67. The molecule has 1 atom stereocenters. The fraction of sp³-hybridized carbons (Fsp3) is 0.615. The Labute approximate surface area is 117 Å². The second kappa shape index (κ2) is 6.14. The van der Waals surface area contributed by atoms with Crippen LogP contribution in [0, 0.1) is 6.92 Å². The molecule has 2 heterocycles. The normalized spacial score (nSPS) is 18.6. The van der Waals surface area contributed by atoms with Gasteiger partial charge in [0.25, 0.3) is 0 Å². The van der Waals surface area contributed by atoms with Crippen LogP contribution in [0.15, 0.2) is 5.38 Å². The molecule has 1 fully saturated rings. The lowest BCUT2D eigenvalue weighted by atomic mass is 10.2. The number of aryl methyl sites for hydroxylation is 1. The molecule has 0 aliphatic carbocycles. The molecule has 104 valence electrons. The van der Waals surface area contributed by atoms with Crippen molar-refractivity contribution in [2.24, 2.45) is 0 Å². The molecule has 1 aromatic heterocycles. The van der Waals surface area contributed by atoms with E-state index in [9.17, 15) is 9.59 Å². The minimum atomic E-state index is -0.299. The number of amides is 2. The Kier molecular flexibility index (Phi) is 4.52. The molecule has 0 bridgehead atoms. The van der Waals surface area contributed by atoms with Gasteiger partial charge in [-0.2, -0.15) is 0 Å². The van der Waals surface area contributed by atoms with E-state index in [-0.39, 0.29) is 17.9 Å². The van der Waals surface area contributed by atoms with Gasteiger partial charge in [-0.3, -0.25) is 9.59 Å². The molecule has 1 aliphatic heterocycles. The molecular formula is C13H19N3O2S. The van der Waals surface area contributed by atoms with Crippen LogP contribution >= 0.6 is 11.3 Å². The van der Waals surface area contributed by atoms with Crippen molar-refractivity contribution < 1.29 is 9.59 Å². The van der Waals surface area contributed by atoms with E-state index in [0.29, 0.717) is 19.5 Å². The van der Waals surface area contributed by atoms with Crippen LogP contribution in [-0.4, -0.2) is 34.3 Å². The standard InChI is InChI=1S/C13H19N3O2S/c1-3-12(17)16-6-4-5-11(16)13(18)14-7-10-8-19-9(2)15-10/h8,11H,3-7H2,1-2H3,(H,14,18)/t11-/m1/s1. The van der Waals surface area contributed by atoms with E-state index in [4.69, 9.17) is 0 Å². The molecule has 0 aromatic carbocycles. The van der Waals surface area contributed by atoms with E-state index in [1.165, 1.54) is 0 Å². The van der Waals surface area contributed by atoms with Gasteiger partial charge in [-0.1, -0.05) is 6.92 Å². The van der Waals surface area contributed by atoms with E-state index in [1.807, 2.05) is 19.2 Å². The third kappa shape index (κ3) is 3.32. The predicted molar refractivity (Wildman–Crippen MR) is 73.7 cm³/mol. The summed E-state index contributed by atoms with van der Waals surface area (Å²) >= 11 is 1.57. The topological polar surface area (TPSA) is 62.3 Å². The zero-order chi connectivity index (χ0) is 13.8. The van der Waals surface area contributed by atoms with Gasteiger partial charge in [0, 0.05) is 18.3 Å². The average molecular weight is 281 g/mol. The van der Waals surface area contributed by atoms with Crippen LogP contribution in [0.5, 0.6) is 0 Å². The molecule has 0 unspecified atom stereocenters. The maximum absolute atomic E-state index is 12.1. The molecule has 1 saturated heterocycles. The Morgan fingerprint density at radius 1 is 1.58 bits per heavy atom. The second-order valence-corrected chi connectivity index (χ2v) is 5.74. The summed E-state index contributed by atoms with van der Waals surface area (Å²) in [6, 6.07) is -0.299. The Morgan fingerprint density at radius 3 is 3.00 bits per heavy atom. The molecule has 0 saturated carbocycles. The van der Waals surface area contributed by atoms with Gasteiger partial charge in [0.05, 0.1) is 17.2 Å². The number of hydrogen-bond acceptors (Lipinski definition) is 4. The number of carbonyl (C=O) groups is 2. The first kappa shape index (κ1) is 14.0. The molecule has 1 N–H and O–H groups in total. The van der Waals surface area contributed by atoms with Crippen molar-refractivity contribution in [3.63, 3.8) is 0 Å². The number of thiazole rings is 1. The monoisotopic (exact) mass is 281 g/mol. The van der Waals surface area contributed by atoms with Crippen LogP contribution in [0.4, 0.5) is 0 Å². The molecule has 1 aromatic rings. The van der Waals surface area contributed by atoms with Crippen LogP contribution in [-0.2, 0) is 16.1 Å². The van der Waals surface area contributed by atoms with Gasteiger partial charge in [-0.25, -0.2) is 4.98 Å². The quantitative estimate of drug-likeness (QED) is 0.909. The summed E-state index contributed by atoms with van der Waals surface area (Å²) in [7, 11) is 0. The highest BCUT2D eigenvalue weighted by Gasteiger charge is 2.32. The molecule has 6 heteroatoms. The number of nitrogens with one attached hydrogen (secondary N) is 1. The lowest BCUT2D eigenvalue weighted by Crippen LogP contribution is -2.45. The molecular weight excluding hydrogens is 262 g/mol. The third-order valence-corrected chi connectivity index (χ3v) is 4.11. The van der Waals surface area contributed by atoms with Crippen molar-refractivity contribution >= 4 is 23.2 Å². The van der Waals surface area contributed by atoms with E-state index < -0.39 is 0 Å². The number of nitrogens with zero attached hydrogens (tertiary/aromatic N) is 2. The summed E-state index contributed by atoms with van der Waals surface area (Å²) in [5.74, 6) is -0.00731. The number of likely N-dealkylation sites (tertiary alicyclic amines) is 1. The molecule has 1 aliphatic rings. The summed E-state index contributed by atoms with van der Waals surface area (Å²) in [6.07, 6.45) is 2.11. The van der Waals surface area contributed by atoms with Crippen LogP contribution in [0.25, 0.3) is 0 Å². The van der Waals surface area contributed by atoms with Gasteiger partial charge >= 0.3 is 0 Å². The van der Waals surface area contributed by atoms with Crippen molar-refractivity contribution in [1.82, 2.24) is 15.2 Å². The van der Waals surface area contributed by atoms with Crippen molar-refractivity contribution in [3.8, 4) is 0 Å². The van der Waals surface area contributed by atoms with E-state index in [2.05, 4.69) is 10.3 Å². The third-order valence-electron chi connectivity index (χ3n) is 3.29. The fourth-order valence-electron chi connectivity index (χ4n) is 2.33. The zero-order valence-electron chi connectivity index (χ0n) is 11.3. The van der Waals surface area contributed by atoms with Gasteiger partial charge < -0.3 is 10.2 Å². The minimum Gasteiger partial charge on any atom is -0.349 e. The predicted octanol–water partition coefficient (Wildman–Crippen LogP) is 1.47. The van der Waals surface area contributed by atoms with E-state index >= 15 is 0 Å². The molecule has 19 heavy (non-hydrogen) atoms. The molecule has 0 spiro atoms. The van der Waals surface area contributed by atoms with E-state index in [0.717, 1.165) is 23.5 Å². The molecule has 2 rings (SSSR count). The number of rotatable bonds is 4. The van der Waals surface area contributed by atoms with Crippen molar-refractivity contribution in [1.29, 1.82) is 0 Å². The lowest BCUT2D eigenvalue weighted by Gasteiger charge is -2.23. The fourth-order valence-corrected chi connectivity index (χ4v) is 2.94. The van der Waals surface area contributed by atoms with Gasteiger partial charge in [0.2, 0.25) is 11.8 Å². The van der Waals surface area contributed by atoms with Gasteiger partial charge in [0.1, 0.15) is 6.04 Å². The van der Waals surface area contributed by atoms with Crippen molar-refractivity contribution in [2.75, 3.05) is 6.54 Å². The van der Waals surface area contributed by atoms with Crippen molar-refractivity contribution in [3.05, 3.63) is 16.1 Å². The Bertz CT molecular complexity index is 472. The molecule has 2 amide bonds. The molecule has 5 nitrogen and oxygen atoms in total. The zero-order valence-corrected chi connectivity index (χ0v) is 12.1. The van der Waals surface area contributed by atoms with Crippen LogP contribution < -0.4 is 5.32 Å². The first-order valence-corrected chi connectivity index (χ1v) is 7.48. The highest BCUT2D eigenvalue weighted by Crippen LogP contribution is 2.18. The first-order chi connectivity index (χ1) is 9.11. The van der Waals surface area contributed by atoms with Crippen LogP contribution in [0.3, 0.4) is 0 Å². The van der Waals surface area contributed by atoms with Gasteiger partial charge in [0.15, 0.2) is 0 Å². The average Bonchev–Trinajstić information content (AvgIpc) is 3.03. The van der Waals surface area contributed by atoms with Crippen molar-refractivity contribution in [2.45, 2.75) is 45.7 Å². The summed E-state index contributed by atoms with van der Waals surface area (Å²) < 4.78 is 0. The Morgan fingerprint density at radius 2 is 2.37 bits per heavy atom. The summed E-state index contributed by atoms with van der Waals surface area (Å²) in [4.78, 5) is 29.9. The van der Waals surface area contributed by atoms with Crippen LogP contribution in [0.2, 0.25) is 0 Å². The van der Waals surface area contributed by atoms with Crippen LogP contribution in [0.1, 0.15) is 36.9 Å². The smallest absolute Gasteiger partial charge is 0.243 e. The highest BCUT2D eigenvalue weighted by molar-refractivity contribution is 7.09. The summed E-state index contributed by atoms with van der Waals surface area (Å²) in [6.45, 7) is 4.90. The Balaban J connectivity index is 1.90.